The molecule has 0 radical (unpaired) electrons. The first-order valence-corrected chi connectivity index (χ1v) is 10.3. The molecule has 1 aliphatic carbocycles. The molecular weight excluding hydrogens is 402 g/mol. The number of hydrogen-bond donors (Lipinski definition) is 2. The highest BCUT2D eigenvalue weighted by Crippen LogP contribution is 2.35. The van der Waals surface area contributed by atoms with Crippen LogP contribution in [0.3, 0.4) is 0 Å². The Morgan fingerprint density at radius 2 is 2.07 bits per heavy atom. The molecule has 1 fully saturated rings. The van der Waals surface area contributed by atoms with Crippen molar-refractivity contribution in [3.63, 3.8) is 0 Å². The molecule has 3 aromatic rings. The number of ether oxygens (including phenoxy) is 1. The van der Waals surface area contributed by atoms with Crippen LogP contribution in [0.25, 0.3) is 17.2 Å². The minimum atomic E-state index is 0. The van der Waals surface area contributed by atoms with E-state index in [0.29, 0.717) is 5.82 Å². The number of pyridine rings is 1. The summed E-state index contributed by atoms with van der Waals surface area (Å²) in [6.45, 7) is 6.80. The smallest absolute Gasteiger partial charge is 0.185 e. The third-order valence-electron chi connectivity index (χ3n) is 5.54. The van der Waals surface area contributed by atoms with Gasteiger partial charge in [0.1, 0.15) is 5.82 Å². The minimum absolute atomic E-state index is 0. The summed E-state index contributed by atoms with van der Waals surface area (Å²) < 4.78 is 7.93. The maximum absolute atomic E-state index is 6.34. The second-order valence-corrected chi connectivity index (χ2v) is 7.83. The minimum Gasteiger partial charge on any atom is -0.377 e. The van der Waals surface area contributed by atoms with Gasteiger partial charge in [-0.05, 0) is 51.7 Å². The Hall–Kier alpha value is -2.29. The molecule has 0 aliphatic heterocycles. The van der Waals surface area contributed by atoms with Gasteiger partial charge in [0.15, 0.2) is 11.6 Å². The third-order valence-corrected chi connectivity index (χ3v) is 5.54. The number of nitrogens with one attached hydrogen (secondary N) is 1. The number of rotatable bonds is 6. The number of aromatic amines is 1. The van der Waals surface area contributed by atoms with E-state index >= 15 is 0 Å². The lowest BCUT2D eigenvalue weighted by Crippen LogP contribution is -2.42. The Morgan fingerprint density at radius 1 is 1.23 bits per heavy atom. The zero-order valence-electron chi connectivity index (χ0n) is 17.7. The number of aromatic nitrogens is 6. The molecule has 0 spiro atoms. The maximum Gasteiger partial charge on any atom is 0.185 e. The molecule has 1 saturated carbocycles. The Labute approximate surface area is 183 Å². The zero-order valence-corrected chi connectivity index (χ0v) is 18.5. The summed E-state index contributed by atoms with van der Waals surface area (Å²) in [5, 5.41) is 11.9. The summed E-state index contributed by atoms with van der Waals surface area (Å²) in [5.41, 5.74) is 9.13. The average Bonchev–Trinajstić information content (AvgIpc) is 3.33. The highest BCUT2D eigenvalue weighted by molar-refractivity contribution is 5.85. The maximum atomic E-state index is 6.34. The van der Waals surface area contributed by atoms with Gasteiger partial charge in [0.05, 0.1) is 17.9 Å². The number of aryl methyl sites for hydroxylation is 2. The molecule has 3 N–H and O–H groups in total. The molecule has 0 unspecified atom stereocenters. The number of hydrogen-bond acceptors (Lipinski definition) is 6. The highest BCUT2D eigenvalue weighted by atomic mass is 35.5. The molecule has 0 amide bonds. The van der Waals surface area contributed by atoms with Gasteiger partial charge >= 0.3 is 0 Å². The van der Waals surface area contributed by atoms with Gasteiger partial charge in [-0.3, -0.25) is 5.10 Å². The van der Waals surface area contributed by atoms with Gasteiger partial charge in [-0.15, -0.1) is 17.5 Å². The van der Waals surface area contributed by atoms with Gasteiger partial charge in [0, 0.05) is 30.0 Å². The van der Waals surface area contributed by atoms with Crippen molar-refractivity contribution in [3.8, 4) is 17.2 Å². The first kappa shape index (κ1) is 22.4. The van der Waals surface area contributed by atoms with Crippen LogP contribution in [-0.4, -0.2) is 48.7 Å². The lowest BCUT2D eigenvalue weighted by molar-refractivity contribution is 0.00883. The van der Waals surface area contributed by atoms with E-state index in [-0.39, 0.29) is 30.5 Å². The molecule has 8 nitrogen and oxygen atoms in total. The average molecular weight is 432 g/mol. The molecule has 3 aromatic heterocycles. The Bertz CT molecular complexity index is 970. The topological polar surface area (TPSA) is 108 Å². The highest BCUT2D eigenvalue weighted by Gasteiger charge is 2.33. The van der Waals surface area contributed by atoms with Gasteiger partial charge in [0.2, 0.25) is 0 Å². The van der Waals surface area contributed by atoms with Crippen LogP contribution < -0.4 is 5.73 Å². The molecule has 3 atom stereocenters. The molecule has 3 heterocycles. The number of nitrogens with zero attached hydrogens (tertiary/aromatic N) is 5. The second kappa shape index (κ2) is 9.68. The predicted molar refractivity (Wildman–Crippen MR) is 118 cm³/mol. The molecule has 162 valence electrons. The summed E-state index contributed by atoms with van der Waals surface area (Å²) >= 11 is 0. The van der Waals surface area contributed by atoms with Crippen LogP contribution in [-0.2, 0) is 4.74 Å². The van der Waals surface area contributed by atoms with Crippen LogP contribution in [0.5, 0.6) is 0 Å². The van der Waals surface area contributed by atoms with Crippen molar-refractivity contribution in [3.05, 3.63) is 41.6 Å². The van der Waals surface area contributed by atoms with E-state index < -0.39 is 0 Å². The molecule has 30 heavy (non-hydrogen) atoms. The first-order valence-electron chi connectivity index (χ1n) is 10.3. The monoisotopic (exact) mass is 431 g/mol. The Balaban J connectivity index is 0.00000256. The van der Waals surface area contributed by atoms with E-state index in [2.05, 4.69) is 22.1 Å². The van der Waals surface area contributed by atoms with Gasteiger partial charge in [-0.1, -0.05) is 13.0 Å². The quantitative estimate of drug-likeness (QED) is 0.618. The van der Waals surface area contributed by atoms with Gasteiger partial charge < -0.3 is 10.5 Å². The van der Waals surface area contributed by atoms with Crippen LogP contribution in [0.15, 0.2) is 24.4 Å². The Morgan fingerprint density at radius 3 is 2.77 bits per heavy atom. The lowest BCUT2D eigenvalue weighted by Gasteiger charge is -2.33. The van der Waals surface area contributed by atoms with Crippen molar-refractivity contribution >= 4 is 12.4 Å². The molecule has 4 rings (SSSR count). The van der Waals surface area contributed by atoms with Gasteiger partial charge in [0.25, 0.3) is 0 Å². The fourth-order valence-electron chi connectivity index (χ4n) is 3.94. The standard InChI is InChI=1S/C21H29N7O.ClH/c1-4-10-29-18-11-15(8-9-17(18)22)21-25-20(16-12-23-26-14(16)3)27-28(21)19-7-5-6-13(2)24-19;/h5-7,12,15,17-18H,4,8-11,22H2,1-3H3,(H,23,26);1H/t15-,17-,18-;/m0./s1. The van der Waals surface area contributed by atoms with Crippen molar-refractivity contribution in [1.29, 1.82) is 0 Å². The predicted octanol–water partition coefficient (Wildman–Crippen LogP) is 3.48. The summed E-state index contributed by atoms with van der Waals surface area (Å²) in [5.74, 6) is 2.57. The Kier molecular flexibility index (Phi) is 7.23. The molecular formula is C21H30ClN7O. The van der Waals surface area contributed by atoms with E-state index in [1.54, 1.807) is 6.20 Å². The van der Waals surface area contributed by atoms with E-state index in [0.717, 1.165) is 60.9 Å². The molecule has 9 heteroatoms. The first-order chi connectivity index (χ1) is 14.1. The van der Waals surface area contributed by atoms with E-state index in [1.807, 2.05) is 36.7 Å². The van der Waals surface area contributed by atoms with Crippen molar-refractivity contribution in [2.75, 3.05) is 6.61 Å². The number of nitrogens with two attached hydrogens (primary N) is 1. The SMILES string of the molecule is CCCO[C@H]1C[C@@H](c2nc(-c3cn[nH]c3C)nn2-c2cccc(C)n2)CC[C@@H]1N.Cl. The summed E-state index contributed by atoms with van der Waals surface area (Å²) in [4.78, 5) is 9.62. The molecule has 0 saturated heterocycles. The van der Waals surface area contributed by atoms with Gasteiger partial charge in [-0.2, -0.15) is 9.78 Å². The summed E-state index contributed by atoms with van der Waals surface area (Å²) in [7, 11) is 0. The molecule has 0 bridgehead atoms. The van der Waals surface area contributed by atoms with E-state index in [1.165, 1.54) is 0 Å². The number of halogens is 1. The van der Waals surface area contributed by atoms with Crippen LogP contribution >= 0.6 is 12.4 Å². The van der Waals surface area contributed by atoms with Gasteiger partial charge in [-0.25, -0.2) is 9.97 Å². The normalized spacial score (nSPS) is 21.4. The lowest BCUT2D eigenvalue weighted by atomic mass is 9.83. The molecule has 1 aliphatic rings. The van der Waals surface area contributed by atoms with Crippen LogP contribution in [0.2, 0.25) is 0 Å². The van der Waals surface area contributed by atoms with E-state index in [9.17, 15) is 0 Å². The van der Waals surface area contributed by atoms with Crippen molar-refractivity contribution in [2.45, 2.75) is 64.5 Å². The van der Waals surface area contributed by atoms with Crippen LogP contribution in [0.4, 0.5) is 0 Å². The largest absolute Gasteiger partial charge is 0.377 e. The molecule has 0 aromatic carbocycles. The summed E-state index contributed by atoms with van der Waals surface area (Å²) in [6.07, 6.45) is 5.51. The van der Waals surface area contributed by atoms with Crippen LogP contribution in [0, 0.1) is 13.8 Å². The van der Waals surface area contributed by atoms with Crippen molar-refractivity contribution < 1.29 is 4.74 Å². The fourth-order valence-corrected chi connectivity index (χ4v) is 3.94. The van der Waals surface area contributed by atoms with E-state index in [4.69, 9.17) is 20.6 Å². The summed E-state index contributed by atoms with van der Waals surface area (Å²) in [6, 6.07) is 6.02. The third kappa shape index (κ3) is 4.55. The second-order valence-electron chi connectivity index (χ2n) is 7.83. The van der Waals surface area contributed by atoms with Crippen LogP contribution in [0.1, 0.15) is 55.7 Å². The number of H-pyrrole nitrogens is 1. The fraction of sp³-hybridized carbons (Fsp3) is 0.524. The zero-order chi connectivity index (χ0) is 20.4. The van der Waals surface area contributed by atoms with Crippen molar-refractivity contribution in [1.82, 2.24) is 29.9 Å². The van der Waals surface area contributed by atoms with Crippen molar-refractivity contribution in [2.24, 2.45) is 5.73 Å².